The fourth-order valence-electron chi connectivity index (χ4n) is 1.14. The number of anilines is 1. The van der Waals surface area contributed by atoms with E-state index in [0.717, 1.165) is 18.1 Å². The van der Waals surface area contributed by atoms with Crippen molar-refractivity contribution >= 4 is 34.2 Å². The van der Waals surface area contributed by atoms with Crippen LogP contribution in [-0.4, -0.2) is 34.1 Å². The molecule has 0 saturated heterocycles. The molecule has 1 rings (SSSR count). The number of carboxylic acid groups (broad SMARTS) is 1. The van der Waals surface area contributed by atoms with Crippen LogP contribution in [-0.2, 0) is 4.79 Å². The van der Waals surface area contributed by atoms with E-state index in [4.69, 9.17) is 10.8 Å². The van der Waals surface area contributed by atoms with Gasteiger partial charge in [0.25, 0.3) is 0 Å². The Balaban J connectivity index is 2.43. The molecule has 0 saturated carbocycles. The normalized spacial score (nSPS) is 14.3. The third kappa shape index (κ3) is 4.53. The predicted octanol–water partition coefficient (Wildman–Crippen LogP) is 1.78. The maximum Gasteiger partial charge on any atom is 0.326 e. The Hall–Kier alpha value is -0.790. The largest absolute Gasteiger partial charge is 0.480 e. The molecule has 7 heteroatoms. The first-order chi connectivity index (χ1) is 8.04. The number of nitrogens with two attached hydrogens (primary N) is 1. The van der Waals surface area contributed by atoms with Crippen LogP contribution in [0.2, 0.25) is 0 Å². The van der Waals surface area contributed by atoms with Crippen molar-refractivity contribution in [1.29, 1.82) is 0 Å². The lowest BCUT2D eigenvalue weighted by molar-refractivity contribution is -0.138. The van der Waals surface area contributed by atoms with E-state index in [2.05, 4.69) is 23.5 Å². The van der Waals surface area contributed by atoms with E-state index >= 15 is 0 Å². The van der Waals surface area contributed by atoms with Crippen LogP contribution in [0.1, 0.15) is 25.1 Å². The number of carboxylic acids is 1. The predicted molar refractivity (Wildman–Crippen MR) is 72.8 cm³/mol. The zero-order chi connectivity index (χ0) is 12.8. The number of nitrogens with one attached hydrogen (secondary N) is 1. The molecule has 2 atom stereocenters. The van der Waals surface area contributed by atoms with Gasteiger partial charge in [-0.3, -0.25) is 4.79 Å². The number of aliphatic carboxylic acids is 1. The molecule has 0 aliphatic heterocycles. The van der Waals surface area contributed by atoms with E-state index < -0.39 is 12.0 Å². The quantitative estimate of drug-likeness (QED) is 0.703. The summed E-state index contributed by atoms with van der Waals surface area (Å²) in [7, 11) is 0. The topological polar surface area (TPSA) is 88.2 Å². The summed E-state index contributed by atoms with van der Waals surface area (Å²) in [6.07, 6.45) is 3.12. The van der Waals surface area contributed by atoms with Crippen molar-refractivity contribution in [2.75, 3.05) is 18.1 Å². The van der Waals surface area contributed by atoms with Gasteiger partial charge in [0.05, 0.1) is 5.69 Å². The van der Waals surface area contributed by atoms with Gasteiger partial charge in [-0.05, 0) is 12.7 Å². The third-order valence-electron chi connectivity index (χ3n) is 2.34. The molecule has 1 aromatic heterocycles. The van der Waals surface area contributed by atoms with Crippen molar-refractivity contribution in [2.45, 2.75) is 24.6 Å². The maximum absolute atomic E-state index is 10.7. The molecule has 1 aromatic rings. The Morgan fingerprint density at radius 3 is 3.06 bits per heavy atom. The molecule has 0 radical (unpaired) electrons. The van der Waals surface area contributed by atoms with Crippen molar-refractivity contribution < 1.29 is 9.90 Å². The molecule has 2 unspecified atom stereocenters. The average Bonchev–Trinajstić information content (AvgIpc) is 2.76. The number of hydrogen-bond acceptors (Lipinski definition) is 6. The highest BCUT2D eigenvalue weighted by atomic mass is 32.2. The highest BCUT2D eigenvalue weighted by Crippen LogP contribution is 2.20. The second-order valence-electron chi connectivity index (χ2n) is 3.66. The van der Waals surface area contributed by atoms with Gasteiger partial charge in [0, 0.05) is 17.2 Å². The first-order valence-electron chi connectivity index (χ1n) is 5.25. The summed E-state index contributed by atoms with van der Waals surface area (Å²) in [5.41, 5.74) is 5.87. The van der Waals surface area contributed by atoms with Gasteiger partial charge in [0.2, 0.25) is 0 Å². The molecule has 0 bridgehead atoms. The Bertz CT molecular complexity index is 370. The lowest BCUT2D eigenvalue weighted by atomic mass is 10.2. The fraction of sp³-hybridized carbons (Fsp3) is 0.600. The number of hydrogen-bond donors (Lipinski definition) is 3. The zero-order valence-electron chi connectivity index (χ0n) is 9.84. The van der Waals surface area contributed by atoms with E-state index in [1.807, 2.05) is 11.8 Å². The minimum atomic E-state index is -1.06. The summed E-state index contributed by atoms with van der Waals surface area (Å²) in [5, 5.41) is 14.9. The summed E-state index contributed by atoms with van der Waals surface area (Å²) in [5.74, 6) is -1.06. The lowest BCUT2D eigenvalue weighted by Crippen LogP contribution is -2.21. The van der Waals surface area contributed by atoms with Crippen molar-refractivity contribution in [3.63, 3.8) is 0 Å². The van der Waals surface area contributed by atoms with E-state index in [-0.39, 0.29) is 0 Å². The molecule has 0 aliphatic carbocycles. The average molecular weight is 275 g/mol. The number of rotatable bonds is 7. The van der Waals surface area contributed by atoms with Crippen LogP contribution < -0.4 is 11.1 Å². The Morgan fingerprint density at radius 2 is 2.47 bits per heavy atom. The minimum Gasteiger partial charge on any atom is -0.480 e. The van der Waals surface area contributed by atoms with Gasteiger partial charge in [-0.25, -0.2) is 4.98 Å². The molecule has 96 valence electrons. The third-order valence-corrected chi connectivity index (χ3v) is 4.19. The molecule has 4 N–H and O–H groups in total. The van der Waals surface area contributed by atoms with E-state index in [0.29, 0.717) is 10.9 Å². The number of thiazole rings is 1. The summed E-state index contributed by atoms with van der Waals surface area (Å²) >= 11 is 3.20. The smallest absolute Gasteiger partial charge is 0.326 e. The van der Waals surface area contributed by atoms with Crippen molar-refractivity contribution in [3.8, 4) is 0 Å². The molecular formula is C10H17N3O2S2. The SMILES string of the molecule is CSC(C)CCNc1nc(C(N)C(=O)O)cs1. The van der Waals surface area contributed by atoms with Crippen LogP contribution >= 0.6 is 23.1 Å². The number of nitrogens with zero attached hydrogens (tertiary/aromatic N) is 1. The van der Waals surface area contributed by atoms with Crippen LogP contribution in [0.3, 0.4) is 0 Å². The zero-order valence-corrected chi connectivity index (χ0v) is 11.5. The minimum absolute atomic E-state index is 0.405. The van der Waals surface area contributed by atoms with Gasteiger partial charge in [0.15, 0.2) is 5.13 Å². The van der Waals surface area contributed by atoms with Gasteiger partial charge in [0.1, 0.15) is 6.04 Å². The molecule has 0 aromatic carbocycles. The standard InChI is InChI=1S/C10H17N3O2S2/c1-6(16-2)3-4-12-10-13-7(5-17-10)8(11)9(14)15/h5-6,8H,3-4,11H2,1-2H3,(H,12,13)(H,14,15). The Labute approximate surface area is 109 Å². The van der Waals surface area contributed by atoms with E-state index in [1.165, 1.54) is 11.3 Å². The molecule has 0 fully saturated rings. The molecular weight excluding hydrogens is 258 g/mol. The highest BCUT2D eigenvalue weighted by Gasteiger charge is 2.17. The van der Waals surface area contributed by atoms with Crippen molar-refractivity contribution in [3.05, 3.63) is 11.1 Å². The highest BCUT2D eigenvalue weighted by molar-refractivity contribution is 7.99. The van der Waals surface area contributed by atoms with Crippen LogP contribution in [0, 0.1) is 0 Å². The molecule has 5 nitrogen and oxygen atoms in total. The van der Waals surface area contributed by atoms with Gasteiger partial charge in [-0.1, -0.05) is 6.92 Å². The molecule has 17 heavy (non-hydrogen) atoms. The molecule has 0 spiro atoms. The summed E-state index contributed by atoms with van der Waals surface area (Å²) in [6, 6.07) is -1.04. The number of aromatic nitrogens is 1. The van der Waals surface area contributed by atoms with Crippen molar-refractivity contribution in [2.24, 2.45) is 5.73 Å². The number of carbonyl (C=O) groups is 1. The van der Waals surface area contributed by atoms with Crippen molar-refractivity contribution in [1.82, 2.24) is 4.98 Å². The van der Waals surface area contributed by atoms with E-state index in [9.17, 15) is 4.79 Å². The Morgan fingerprint density at radius 1 is 1.76 bits per heavy atom. The first-order valence-corrected chi connectivity index (χ1v) is 7.41. The van der Waals surface area contributed by atoms with Gasteiger partial charge < -0.3 is 16.2 Å². The van der Waals surface area contributed by atoms with Crippen LogP contribution in [0.25, 0.3) is 0 Å². The second-order valence-corrected chi connectivity index (χ2v) is 5.79. The van der Waals surface area contributed by atoms with E-state index in [1.54, 1.807) is 5.38 Å². The van der Waals surface area contributed by atoms with Gasteiger partial charge >= 0.3 is 5.97 Å². The maximum atomic E-state index is 10.7. The van der Waals surface area contributed by atoms with Gasteiger partial charge in [-0.2, -0.15) is 11.8 Å². The van der Waals surface area contributed by atoms with Crippen LogP contribution in [0.4, 0.5) is 5.13 Å². The first kappa shape index (κ1) is 14.3. The monoisotopic (exact) mass is 275 g/mol. The molecule has 1 heterocycles. The lowest BCUT2D eigenvalue weighted by Gasteiger charge is -2.07. The number of thioether (sulfide) groups is 1. The summed E-state index contributed by atoms with van der Waals surface area (Å²) in [6.45, 7) is 3.00. The summed E-state index contributed by atoms with van der Waals surface area (Å²) in [4.78, 5) is 14.8. The van der Waals surface area contributed by atoms with Crippen LogP contribution in [0.5, 0.6) is 0 Å². The molecule has 0 amide bonds. The van der Waals surface area contributed by atoms with Gasteiger partial charge in [-0.15, -0.1) is 11.3 Å². The molecule has 0 aliphatic rings. The second kappa shape index (κ2) is 6.83. The summed E-state index contributed by atoms with van der Waals surface area (Å²) < 4.78 is 0. The van der Waals surface area contributed by atoms with Crippen LogP contribution in [0.15, 0.2) is 5.38 Å². The Kier molecular flexibility index (Phi) is 5.73. The fourth-order valence-corrected chi connectivity index (χ4v) is 2.27.